The molecule has 0 saturated carbocycles. The number of aryl methyl sites for hydroxylation is 1. The number of hydrogen-bond acceptors (Lipinski definition) is 4. The normalized spacial score (nSPS) is 13.3. The van der Waals surface area contributed by atoms with Crippen LogP contribution < -0.4 is 16.0 Å². The van der Waals surface area contributed by atoms with Gasteiger partial charge in [-0.15, -0.1) is 37.2 Å². The Bertz CT molecular complexity index is 724. The molecule has 0 spiro atoms. The molecule has 0 bridgehead atoms. The number of amides is 2. The van der Waals surface area contributed by atoms with E-state index in [0.717, 1.165) is 44.8 Å². The van der Waals surface area contributed by atoms with Gasteiger partial charge in [0, 0.05) is 45.0 Å². The summed E-state index contributed by atoms with van der Waals surface area (Å²) in [6, 6.07) is 12.2. The van der Waals surface area contributed by atoms with Crippen LogP contribution in [0.15, 0.2) is 42.6 Å². The van der Waals surface area contributed by atoms with Gasteiger partial charge in [-0.05, 0) is 36.6 Å². The molecular formula is C20H30Cl3N5O. The summed E-state index contributed by atoms with van der Waals surface area (Å²) in [5.74, 6) is 0. The van der Waals surface area contributed by atoms with Crippen LogP contribution in [0.4, 0.5) is 10.5 Å². The number of hydrogen-bond donors (Lipinski definition) is 3. The minimum atomic E-state index is -0.201. The first kappa shape index (κ1) is 27.4. The summed E-state index contributed by atoms with van der Waals surface area (Å²) in [7, 11) is 0. The molecule has 1 aliphatic heterocycles. The van der Waals surface area contributed by atoms with Gasteiger partial charge in [0.05, 0.1) is 11.9 Å². The molecule has 1 fully saturated rings. The van der Waals surface area contributed by atoms with Crippen LogP contribution in [0.3, 0.4) is 0 Å². The molecule has 2 heterocycles. The maximum atomic E-state index is 12.0. The average molecular weight is 463 g/mol. The SMILES string of the molecule is Cc1ccc(NC(=O)NCCc2cccc(CN3CCNCC3)c2)cn1.Cl.Cl.Cl. The highest BCUT2D eigenvalue weighted by Crippen LogP contribution is 2.10. The maximum Gasteiger partial charge on any atom is 0.319 e. The highest BCUT2D eigenvalue weighted by Gasteiger charge is 2.10. The predicted octanol–water partition coefficient (Wildman–Crippen LogP) is 3.42. The minimum absolute atomic E-state index is 0. The Labute approximate surface area is 191 Å². The molecule has 1 saturated heterocycles. The van der Waals surface area contributed by atoms with Crippen molar-refractivity contribution in [3.8, 4) is 0 Å². The fraction of sp³-hybridized carbons (Fsp3) is 0.400. The predicted molar refractivity (Wildman–Crippen MR) is 126 cm³/mol. The van der Waals surface area contributed by atoms with Crippen molar-refractivity contribution in [2.24, 2.45) is 0 Å². The largest absolute Gasteiger partial charge is 0.338 e. The summed E-state index contributed by atoms with van der Waals surface area (Å²) in [5, 5.41) is 9.07. The van der Waals surface area contributed by atoms with Crippen molar-refractivity contribution in [3.05, 3.63) is 59.4 Å². The number of aromatic nitrogens is 1. The van der Waals surface area contributed by atoms with E-state index in [1.165, 1.54) is 11.1 Å². The number of benzene rings is 1. The molecule has 1 aromatic heterocycles. The topological polar surface area (TPSA) is 69.3 Å². The zero-order valence-corrected chi connectivity index (χ0v) is 19.0. The lowest BCUT2D eigenvalue weighted by atomic mass is 10.1. The molecule has 2 amide bonds. The van der Waals surface area contributed by atoms with E-state index in [1.807, 2.05) is 19.1 Å². The van der Waals surface area contributed by atoms with Crippen LogP contribution in [0.25, 0.3) is 0 Å². The van der Waals surface area contributed by atoms with E-state index in [9.17, 15) is 4.79 Å². The first-order valence-electron chi connectivity index (χ1n) is 9.17. The molecule has 0 aliphatic carbocycles. The van der Waals surface area contributed by atoms with Gasteiger partial charge in [-0.25, -0.2) is 4.79 Å². The lowest BCUT2D eigenvalue weighted by Crippen LogP contribution is -2.42. The number of pyridine rings is 1. The van der Waals surface area contributed by atoms with E-state index in [0.29, 0.717) is 12.2 Å². The summed E-state index contributed by atoms with van der Waals surface area (Å²) in [5.41, 5.74) is 4.21. The number of nitrogens with zero attached hydrogens (tertiary/aromatic N) is 2. The molecule has 0 atom stereocenters. The lowest BCUT2D eigenvalue weighted by Gasteiger charge is -2.27. The fourth-order valence-corrected chi connectivity index (χ4v) is 3.05. The summed E-state index contributed by atoms with van der Waals surface area (Å²) < 4.78 is 0. The molecule has 1 aromatic carbocycles. The van der Waals surface area contributed by atoms with E-state index in [1.54, 1.807) is 6.20 Å². The van der Waals surface area contributed by atoms with Crippen molar-refractivity contribution in [3.63, 3.8) is 0 Å². The van der Waals surface area contributed by atoms with Crippen LogP contribution in [-0.4, -0.2) is 48.6 Å². The second-order valence-electron chi connectivity index (χ2n) is 6.67. The lowest BCUT2D eigenvalue weighted by molar-refractivity contribution is 0.233. The van der Waals surface area contributed by atoms with Crippen LogP contribution in [0.2, 0.25) is 0 Å². The van der Waals surface area contributed by atoms with Crippen LogP contribution in [0.5, 0.6) is 0 Å². The molecular weight excluding hydrogens is 433 g/mol. The van der Waals surface area contributed by atoms with E-state index in [4.69, 9.17) is 0 Å². The zero-order chi connectivity index (χ0) is 18.2. The number of anilines is 1. The van der Waals surface area contributed by atoms with Crippen LogP contribution in [0.1, 0.15) is 16.8 Å². The summed E-state index contributed by atoms with van der Waals surface area (Å²) in [6.07, 6.45) is 2.48. The second kappa shape index (κ2) is 14.4. The van der Waals surface area contributed by atoms with E-state index in [-0.39, 0.29) is 43.3 Å². The molecule has 162 valence electrons. The number of rotatable bonds is 6. The van der Waals surface area contributed by atoms with Crippen molar-refractivity contribution in [2.75, 3.05) is 38.0 Å². The second-order valence-corrected chi connectivity index (χ2v) is 6.67. The Morgan fingerprint density at radius 3 is 2.52 bits per heavy atom. The minimum Gasteiger partial charge on any atom is -0.338 e. The highest BCUT2D eigenvalue weighted by atomic mass is 35.5. The molecule has 2 aromatic rings. The van der Waals surface area contributed by atoms with Crippen molar-refractivity contribution < 1.29 is 4.79 Å². The first-order chi connectivity index (χ1) is 12.7. The third-order valence-corrected chi connectivity index (χ3v) is 4.48. The van der Waals surface area contributed by atoms with Gasteiger partial charge in [0.1, 0.15) is 0 Å². The number of carbonyl (C=O) groups is 1. The average Bonchev–Trinajstić information content (AvgIpc) is 2.65. The van der Waals surface area contributed by atoms with E-state index < -0.39 is 0 Å². The Balaban J connectivity index is 0.00000261. The maximum absolute atomic E-state index is 12.0. The number of piperazine rings is 1. The van der Waals surface area contributed by atoms with Crippen molar-refractivity contribution in [2.45, 2.75) is 19.9 Å². The van der Waals surface area contributed by atoms with Gasteiger partial charge in [0.2, 0.25) is 0 Å². The molecule has 9 heteroatoms. The number of nitrogens with one attached hydrogen (secondary N) is 3. The van der Waals surface area contributed by atoms with E-state index >= 15 is 0 Å². The van der Waals surface area contributed by atoms with Crippen molar-refractivity contribution >= 4 is 48.9 Å². The quantitative estimate of drug-likeness (QED) is 0.615. The Kier molecular flexibility index (Phi) is 13.6. The highest BCUT2D eigenvalue weighted by molar-refractivity contribution is 5.89. The van der Waals surface area contributed by atoms with Gasteiger partial charge in [-0.1, -0.05) is 24.3 Å². The zero-order valence-electron chi connectivity index (χ0n) is 16.5. The Hall–Kier alpha value is -1.57. The molecule has 0 unspecified atom stereocenters. The Morgan fingerprint density at radius 2 is 1.83 bits per heavy atom. The first-order valence-corrected chi connectivity index (χ1v) is 9.17. The molecule has 3 N–H and O–H groups in total. The molecule has 6 nitrogen and oxygen atoms in total. The standard InChI is InChI=1S/C20H27N5O.3ClH/c1-16-5-6-19(14-23-16)24-20(26)22-8-7-17-3-2-4-18(13-17)15-25-11-9-21-10-12-25;;;/h2-6,13-14,21H,7-12,15H2,1H3,(H2,22,24,26);3*1H. The summed E-state index contributed by atoms with van der Waals surface area (Å²) in [6.45, 7) is 7.83. The van der Waals surface area contributed by atoms with E-state index in [2.05, 4.69) is 50.1 Å². The van der Waals surface area contributed by atoms with Crippen LogP contribution in [-0.2, 0) is 13.0 Å². The molecule has 3 rings (SSSR count). The van der Waals surface area contributed by atoms with Gasteiger partial charge < -0.3 is 16.0 Å². The van der Waals surface area contributed by atoms with Gasteiger partial charge in [0.15, 0.2) is 0 Å². The fourth-order valence-electron chi connectivity index (χ4n) is 3.05. The summed E-state index contributed by atoms with van der Waals surface area (Å²) >= 11 is 0. The van der Waals surface area contributed by atoms with Crippen LogP contribution >= 0.6 is 37.2 Å². The Morgan fingerprint density at radius 1 is 1.10 bits per heavy atom. The van der Waals surface area contributed by atoms with Crippen molar-refractivity contribution in [1.82, 2.24) is 20.5 Å². The van der Waals surface area contributed by atoms with Gasteiger partial charge in [-0.2, -0.15) is 0 Å². The summed E-state index contributed by atoms with van der Waals surface area (Å²) in [4.78, 5) is 18.6. The monoisotopic (exact) mass is 461 g/mol. The third-order valence-electron chi connectivity index (χ3n) is 4.48. The number of halogens is 3. The van der Waals surface area contributed by atoms with Gasteiger partial charge >= 0.3 is 6.03 Å². The van der Waals surface area contributed by atoms with Gasteiger partial charge in [-0.3, -0.25) is 9.88 Å². The molecule has 29 heavy (non-hydrogen) atoms. The van der Waals surface area contributed by atoms with Crippen LogP contribution in [0, 0.1) is 6.92 Å². The van der Waals surface area contributed by atoms with Crippen molar-refractivity contribution in [1.29, 1.82) is 0 Å². The molecule has 1 aliphatic rings. The third kappa shape index (κ3) is 9.65. The number of urea groups is 1. The number of carbonyl (C=O) groups excluding carboxylic acids is 1. The smallest absolute Gasteiger partial charge is 0.319 e. The molecule has 0 radical (unpaired) electrons. The van der Waals surface area contributed by atoms with Gasteiger partial charge in [0.25, 0.3) is 0 Å².